The molecule has 0 amide bonds. The minimum Gasteiger partial charge on any atom is -0.478 e. The number of carboxylic acid groups (broad SMARTS) is 1. The Morgan fingerprint density at radius 3 is 2.26 bits per heavy atom. The van der Waals surface area contributed by atoms with Gasteiger partial charge in [0.2, 0.25) is 0 Å². The molecule has 0 spiro atoms. The molecule has 2 aromatic carbocycles. The standard InChI is InChI=1S/C16H16O2S/c1-2-15(12-6-4-3-5-7-12)19-14-10-8-13(9-11-14)16(17)18/h3-11,15H,2H2,1H3,(H,17,18). The predicted octanol–water partition coefficient (Wildman–Crippen LogP) is 4.63. The molecule has 0 saturated carbocycles. The molecule has 0 radical (unpaired) electrons. The second kappa shape index (κ2) is 6.43. The van der Waals surface area contributed by atoms with Crippen LogP contribution in [0.3, 0.4) is 0 Å². The molecule has 0 fully saturated rings. The highest BCUT2D eigenvalue weighted by molar-refractivity contribution is 7.99. The molecule has 2 nitrogen and oxygen atoms in total. The lowest BCUT2D eigenvalue weighted by Gasteiger charge is -2.15. The van der Waals surface area contributed by atoms with Crippen LogP contribution in [0.2, 0.25) is 0 Å². The highest BCUT2D eigenvalue weighted by Gasteiger charge is 2.11. The first-order valence-corrected chi connectivity index (χ1v) is 7.13. The van der Waals surface area contributed by atoms with E-state index < -0.39 is 5.97 Å². The Morgan fingerprint density at radius 2 is 1.74 bits per heavy atom. The van der Waals surface area contributed by atoms with E-state index in [2.05, 4.69) is 19.1 Å². The Labute approximate surface area is 117 Å². The van der Waals surface area contributed by atoms with Crippen LogP contribution in [-0.2, 0) is 0 Å². The van der Waals surface area contributed by atoms with Gasteiger partial charge in [0.05, 0.1) is 5.56 Å². The molecule has 1 N–H and O–H groups in total. The van der Waals surface area contributed by atoms with E-state index in [9.17, 15) is 4.79 Å². The smallest absolute Gasteiger partial charge is 0.335 e. The van der Waals surface area contributed by atoms with Crippen LogP contribution in [0.5, 0.6) is 0 Å². The Balaban J connectivity index is 2.12. The van der Waals surface area contributed by atoms with E-state index in [1.54, 1.807) is 23.9 Å². The maximum absolute atomic E-state index is 10.8. The molecule has 98 valence electrons. The molecule has 2 aromatic rings. The van der Waals surface area contributed by atoms with Gasteiger partial charge in [0.15, 0.2) is 0 Å². The Morgan fingerprint density at radius 1 is 1.11 bits per heavy atom. The van der Waals surface area contributed by atoms with E-state index in [1.165, 1.54) is 5.56 Å². The van der Waals surface area contributed by atoms with Crippen molar-refractivity contribution in [1.82, 2.24) is 0 Å². The van der Waals surface area contributed by atoms with E-state index in [0.29, 0.717) is 10.8 Å². The summed E-state index contributed by atoms with van der Waals surface area (Å²) in [5.74, 6) is -0.883. The molecule has 1 atom stereocenters. The van der Waals surface area contributed by atoms with Crippen molar-refractivity contribution < 1.29 is 9.90 Å². The second-order valence-electron chi connectivity index (χ2n) is 4.25. The van der Waals surface area contributed by atoms with Crippen molar-refractivity contribution in [2.24, 2.45) is 0 Å². The fourth-order valence-electron chi connectivity index (χ4n) is 1.90. The van der Waals surface area contributed by atoms with Crippen LogP contribution in [0.25, 0.3) is 0 Å². The third-order valence-corrected chi connectivity index (χ3v) is 4.36. The van der Waals surface area contributed by atoms with E-state index in [0.717, 1.165) is 11.3 Å². The minimum atomic E-state index is -0.883. The lowest BCUT2D eigenvalue weighted by molar-refractivity contribution is 0.0697. The summed E-state index contributed by atoms with van der Waals surface area (Å²) in [6.45, 7) is 2.16. The zero-order valence-corrected chi connectivity index (χ0v) is 11.6. The largest absolute Gasteiger partial charge is 0.478 e. The van der Waals surface area contributed by atoms with Crippen molar-refractivity contribution in [2.75, 3.05) is 0 Å². The van der Waals surface area contributed by atoms with E-state index >= 15 is 0 Å². The van der Waals surface area contributed by atoms with Crippen LogP contribution in [0.4, 0.5) is 0 Å². The zero-order valence-electron chi connectivity index (χ0n) is 10.7. The maximum Gasteiger partial charge on any atom is 0.335 e. The summed E-state index contributed by atoms with van der Waals surface area (Å²) >= 11 is 1.77. The van der Waals surface area contributed by atoms with Crippen molar-refractivity contribution in [3.8, 4) is 0 Å². The summed E-state index contributed by atoms with van der Waals surface area (Å²) in [6, 6.07) is 17.4. The molecular formula is C16H16O2S. The summed E-state index contributed by atoms with van der Waals surface area (Å²) in [5.41, 5.74) is 1.63. The van der Waals surface area contributed by atoms with Crippen LogP contribution in [0.15, 0.2) is 59.5 Å². The van der Waals surface area contributed by atoms with Gasteiger partial charge in [-0.25, -0.2) is 4.79 Å². The number of hydrogen-bond acceptors (Lipinski definition) is 2. The van der Waals surface area contributed by atoms with Crippen LogP contribution in [0, 0.1) is 0 Å². The number of carboxylic acids is 1. The topological polar surface area (TPSA) is 37.3 Å². The van der Waals surface area contributed by atoms with Crippen molar-refractivity contribution in [3.05, 3.63) is 65.7 Å². The molecule has 0 bridgehead atoms. The van der Waals surface area contributed by atoms with Gasteiger partial charge in [-0.2, -0.15) is 0 Å². The lowest BCUT2D eigenvalue weighted by Crippen LogP contribution is -1.95. The summed E-state index contributed by atoms with van der Waals surface area (Å²) in [6.07, 6.45) is 1.04. The molecule has 0 heterocycles. The molecule has 2 rings (SSSR count). The maximum atomic E-state index is 10.8. The van der Waals surface area contributed by atoms with E-state index in [4.69, 9.17) is 5.11 Å². The highest BCUT2D eigenvalue weighted by atomic mass is 32.2. The third kappa shape index (κ3) is 3.61. The molecule has 0 aliphatic rings. The summed E-state index contributed by atoms with van der Waals surface area (Å²) in [5, 5.41) is 9.27. The minimum absolute atomic E-state index is 0.331. The second-order valence-corrected chi connectivity index (χ2v) is 5.53. The fraction of sp³-hybridized carbons (Fsp3) is 0.188. The van der Waals surface area contributed by atoms with Crippen molar-refractivity contribution in [2.45, 2.75) is 23.5 Å². The molecule has 19 heavy (non-hydrogen) atoms. The van der Waals surface area contributed by atoms with E-state index in [1.807, 2.05) is 30.3 Å². The normalized spacial score (nSPS) is 12.1. The van der Waals surface area contributed by atoms with Gasteiger partial charge >= 0.3 is 5.97 Å². The lowest BCUT2D eigenvalue weighted by atomic mass is 10.1. The monoisotopic (exact) mass is 272 g/mol. The average Bonchev–Trinajstić information content (AvgIpc) is 2.46. The quantitative estimate of drug-likeness (QED) is 0.806. The predicted molar refractivity (Wildman–Crippen MR) is 78.7 cm³/mol. The number of carbonyl (C=O) groups is 1. The number of hydrogen-bond donors (Lipinski definition) is 1. The van der Waals surface area contributed by atoms with Crippen LogP contribution < -0.4 is 0 Å². The van der Waals surface area contributed by atoms with Gasteiger partial charge in [-0.15, -0.1) is 11.8 Å². The Kier molecular flexibility index (Phi) is 4.63. The first kappa shape index (κ1) is 13.7. The van der Waals surface area contributed by atoms with Crippen LogP contribution in [-0.4, -0.2) is 11.1 Å². The summed E-state index contributed by atoms with van der Waals surface area (Å²) < 4.78 is 0. The molecule has 0 aromatic heterocycles. The number of aromatic carboxylic acids is 1. The highest BCUT2D eigenvalue weighted by Crippen LogP contribution is 2.37. The van der Waals surface area contributed by atoms with Gasteiger partial charge in [0.25, 0.3) is 0 Å². The molecule has 0 aliphatic carbocycles. The van der Waals surface area contributed by atoms with Gasteiger partial charge in [0.1, 0.15) is 0 Å². The van der Waals surface area contributed by atoms with Gasteiger partial charge in [0, 0.05) is 10.1 Å². The van der Waals surface area contributed by atoms with Gasteiger partial charge in [-0.05, 0) is 36.2 Å². The van der Waals surface area contributed by atoms with Crippen molar-refractivity contribution >= 4 is 17.7 Å². The number of thioether (sulfide) groups is 1. The first-order valence-electron chi connectivity index (χ1n) is 6.25. The van der Waals surface area contributed by atoms with Crippen molar-refractivity contribution in [3.63, 3.8) is 0 Å². The van der Waals surface area contributed by atoms with Gasteiger partial charge in [-0.3, -0.25) is 0 Å². The van der Waals surface area contributed by atoms with Gasteiger partial charge in [-0.1, -0.05) is 37.3 Å². The van der Waals surface area contributed by atoms with E-state index in [-0.39, 0.29) is 0 Å². The van der Waals surface area contributed by atoms with Crippen molar-refractivity contribution in [1.29, 1.82) is 0 Å². The molecule has 0 aliphatic heterocycles. The Hall–Kier alpha value is -1.74. The molecule has 0 saturated heterocycles. The van der Waals surface area contributed by atoms with Gasteiger partial charge < -0.3 is 5.11 Å². The average molecular weight is 272 g/mol. The van der Waals surface area contributed by atoms with Crippen LogP contribution >= 0.6 is 11.8 Å². The number of rotatable bonds is 5. The third-order valence-electron chi connectivity index (χ3n) is 2.92. The molecule has 1 unspecified atom stereocenters. The zero-order chi connectivity index (χ0) is 13.7. The summed E-state index contributed by atoms with van der Waals surface area (Å²) in [4.78, 5) is 11.9. The Bertz CT molecular complexity index is 534. The van der Waals surface area contributed by atoms with Crippen LogP contribution in [0.1, 0.15) is 34.5 Å². The molecular weight excluding hydrogens is 256 g/mol. The first-order chi connectivity index (χ1) is 9.20. The summed E-state index contributed by atoms with van der Waals surface area (Å²) in [7, 11) is 0. The fourth-order valence-corrected chi connectivity index (χ4v) is 2.98. The molecule has 3 heteroatoms. The SMILES string of the molecule is CCC(Sc1ccc(C(=O)O)cc1)c1ccccc1. The number of benzene rings is 2.